The van der Waals surface area contributed by atoms with E-state index in [4.69, 9.17) is 4.74 Å². The molecule has 1 heterocycles. The fourth-order valence-electron chi connectivity index (χ4n) is 2.04. The number of nitrogens with one attached hydrogen (secondary N) is 1. The summed E-state index contributed by atoms with van der Waals surface area (Å²) in [6.07, 6.45) is 2.74. The quantitative estimate of drug-likeness (QED) is 0.766. The molecule has 2 rings (SSSR count). The average Bonchev–Trinajstić information content (AvgIpc) is 2.21. The second-order valence-corrected chi connectivity index (χ2v) is 4.62. The SMILES string of the molecule is BCCc1ccc(OC2CNC2)c(C)c1C. The van der Waals surface area contributed by atoms with Gasteiger partial charge in [0, 0.05) is 13.1 Å². The molecule has 0 bridgehead atoms. The lowest BCUT2D eigenvalue weighted by Crippen LogP contribution is -2.50. The lowest BCUT2D eigenvalue weighted by atomic mass is 9.92. The highest BCUT2D eigenvalue weighted by Gasteiger charge is 2.19. The normalized spacial score (nSPS) is 15.9. The molecule has 16 heavy (non-hydrogen) atoms. The van der Waals surface area contributed by atoms with E-state index in [1.165, 1.54) is 23.0 Å². The Bertz CT molecular complexity index is 374. The minimum Gasteiger partial charge on any atom is -0.487 e. The first-order valence-electron chi connectivity index (χ1n) is 6.18. The molecule has 1 aliphatic rings. The van der Waals surface area contributed by atoms with Crippen molar-refractivity contribution in [1.29, 1.82) is 0 Å². The molecule has 0 aromatic heterocycles. The van der Waals surface area contributed by atoms with Crippen LogP contribution in [0.15, 0.2) is 12.1 Å². The molecule has 0 unspecified atom stereocenters. The van der Waals surface area contributed by atoms with Gasteiger partial charge in [-0.15, -0.1) is 0 Å². The predicted octanol–water partition coefficient (Wildman–Crippen LogP) is 1.25. The van der Waals surface area contributed by atoms with Crippen molar-refractivity contribution in [3.8, 4) is 5.75 Å². The molecule has 0 aliphatic carbocycles. The molecular formula is C13H20BNO. The predicted molar refractivity (Wildman–Crippen MR) is 70.3 cm³/mol. The number of hydrogen-bond donors (Lipinski definition) is 1. The Morgan fingerprint density at radius 3 is 2.62 bits per heavy atom. The molecule has 1 saturated heterocycles. The van der Waals surface area contributed by atoms with Gasteiger partial charge in [-0.2, -0.15) is 0 Å². The van der Waals surface area contributed by atoms with Gasteiger partial charge in [0.05, 0.1) is 0 Å². The van der Waals surface area contributed by atoms with Crippen LogP contribution in [0.25, 0.3) is 0 Å². The zero-order chi connectivity index (χ0) is 11.5. The largest absolute Gasteiger partial charge is 0.487 e. The van der Waals surface area contributed by atoms with Gasteiger partial charge in [0.15, 0.2) is 0 Å². The van der Waals surface area contributed by atoms with Crippen LogP contribution in [0.2, 0.25) is 6.32 Å². The molecule has 1 aromatic rings. The average molecular weight is 217 g/mol. The molecule has 1 fully saturated rings. The molecule has 86 valence electrons. The van der Waals surface area contributed by atoms with Gasteiger partial charge in [-0.1, -0.05) is 12.4 Å². The maximum absolute atomic E-state index is 5.93. The Balaban J connectivity index is 2.16. The summed E-state index contributed by atoms with van der Waals surface area (Å²) >= 11 is 0. The van der Waals surface area contributed by atoms with Crippen LogP contribution in [0.3, 0.4) is 0 Å². The molecule has 0 spiro atoms. The summed E-state index contributed by atoms with van der Waals surface area (Å²) < 4.78 is 5.93. The molecule has 3 heteroatoms. The Morgan fingerprint density at radius 1 is 1.31 bits per heavy atom. The standard InChI is InChI=1S/C13H20BNO/c1-9-10(2)13(16-12-7-15-8-12)4-3-11(9)5-6-14/h3-4,12,15H,5-8,14H2,1-2H3. The van der Waals surface area contributed by atoms with Crippen LogP contribution in [-0.4, -0.2) is 27.0 Å². The van der Waals surface area contributed by atoms with Gasteiger partial charge in [-0.3, -0.25) is 0 Å². The van der Waals surface area contributed by atoms with Crippen LogP contribution in [0.1, 0.15) is 16.7 Å². The third-order valence-electron chi connectivity index (χ3n) is 3.41. The highest BCUT2D eigenvalue weighted by atomic mass is 16.5. The van der Waals surface area contributed by atoms with Crippen molar-refractivity contribution < 1.29 is 4.74 Å². The summed E-state index contributed by atoms with van der Waals surface area (Å²) in [6, 6.07) is 4.35. The van der Waals surface area contributed by atoms with Crippen molar-refractivity contribution in [3.05, 3.63) is 28.8 Å². The fourth-order valence-corrected chi connectivity index (χ4v) is 2.04. The van der Waals surface area contributed by atoms with Gasteiger partial charge in [0.25, 0.3) is 0 Å². The van der Waals surface area contributed by atoms with Crippen LogP contribution in [-0.2, 0) is 6.42 Å². The Morgan fingerprint density at radius 2 is 2.06 bits per heavy atom. The van der Waals surface area contributed by atoms with Gasteiger partial charge in [0.1, 0.15) is 19.7 Å². The van der Waals surface area contributed by atoms with Gasteiger partial charge < -0.3 is 10.1 Å². The first-order valence-corrected chi connectivity index (χ1v) is 6.18. The third-order valence-corrected chi connectivity index (χ3v) is 3.41. The first-order chi connectivity index (χ1) is 7.72. The molecular weight excluding hydrogens is 197 g/mol. The molecule has 0 radical (unpaired) electrons. The van der Waals surface area contributed by atoms with E-state index < -0.39 is 0 Å². The van der Waals surface area contributed by atoms with E-state index in [2.05, 4.69) is 39.1 Å². The molecule has 0 atom stereocenters. The van der Waals surface area contributed by atoms with Gasteiger partial charge in [-0.05, 0) is 43.0 Å². The van der Waals surface area contributed by atoms with Crippen molar-refractivity contribution in [2.24, 2.45) is 0 Å². The van der Waals surface area contributed by atoms with Crippen LogP contribution in [0.5, 0.6) is 5.75 Å². The molecule has 2 nitrogen and oxygen atoms in total. The minimum absolute atomic E-state index is 0.370. The van der Waals surface area contributed by atoms with Gasteiger partial charge >= 0.3 is 0 Å². The van der Waals surface area contributed by atoms with E-state index in [0.29, 0.717) is 6.10 Å². The van der Waals surface area contributed by atoms with E-state index in [1.54, 1.807) is 0 Å². The summed E-state index contributed by atoms with van der Waals surface area (Å²) in [5.41, 5.74) is 4.16. The van der Waals surface area contributed by atoms with E-state index in [0.717, 1.165) is 25.3 Å². The molecule has 1 N–H and O–H groups in total. The first kappa shape index (κ1) is 11.5. The number of aryl methyl sites for hydroxylation is 1. The van der Waals surface area contributed by atoms with Gasteiger partial charge in [-0.25, -0.2) is 0 Å². The lowest BCUT2D eigenvalue weighted by Gasteiger charge is -2.29. The van der Waals surface area contributed by atoms with Crippen molar-refractivity contribution in [1.82, 2.24) is 5.32 Å². The van der Waals surface area contributed by atoms with Crippen LogP contribution in [0.4, 0.5) is 0 Å². The van der Waals surface area contributed by atoms with Crippen LogP contribution < -0.4 is 10.1 Å². The maximum Gasteiger partial charge on any atom is 0.123 e. The molecule has 1 aromatic carbocycles. The zero-order valence-electron chi connectivity index (χ0n) is 10.5. The van der Waals surface area contributed by atoms with Crippen LogP contribution in [0, 0.1) is 13.8 Å². The van der Waals surface area contributed by atoms with Crippen molar-refractivity contribution in [2.75, 3.05) is 13.1 Å². The lowest BCUT2D eigenvalue weighted by molar-refractivity contribution is 0.141. The monoisotopic (exact) mass is 217 g/mol. The van der Waals surface area contributed by atoms with E-state index in [-0.39, 0.29) is 0 Å². The highest BCUT2D eigenvalue weighted by Crippen LogP contribution is 2.26. The molecule has 1 aliphatic heterocycles. The van der Waals surface area contributed by atoms with E-state index in [1.807, 2.05) is 0 Å². The Labute approximate surface area is 98.8 Å². The van der Waals surface area contributed by atoms with Gasteiger partial charge in [0.2, 0.25) is 0 Å². The zero-order valence-corrected chi connectivity index (χ0v) is 10.5. The Hall–Kier alpha value is -0.955. The number of rotatable bonds is 4. The summed E-state index contributed by atoms with van der Waals surface area (Å²) in [6.45, 7) is 6.33. The maximum atomic E-state index is 5.93. The second-order valence-electron chi connectivity index (χ2n) is 4.62. The number of ether oxygens (including phenoxy) is 1. The summed E-state index contributed by atoms with van der Waals surface area (Å²) in [5, 5.41) is 3.22. The minimum atomic E-state index is 0.370. The van der Waals surface area contributed by atoms with Crippen molar-refractivity contribution in [2.45, 2.75) is 32.7 Å². The smallest absolute Gasteiger partial charge is 0.123 e. The van der Waals surface area contributed by atoms with E-state index >= 15 is 0 Å². The Kier molecular flexibility index (Phi) is 3.54. The second kappa shape index (κ2) is 4.92. The third kappa shape index (κ3) is 2.24. The van der Waals surface area contributed by atoms with Crippen LogP contribution >= 0.6 is 0 Å². The molecule has 0 saturated carbocycles. The number of benzene rings is 1. The summed E-state index contributed by atoms with van der Waals surface area (Å²) in [5.74, 6) is 1.06. The van der Waals surface area contributed by atoms with Crippen molar-refractivity contribution in [3.63, 3.8) is 0 Å². The molecule has 0 amide bonds. The number of hydrogen-bond acceptors (Lipinski definition) is 2. The topological polar surface area (TPSA) is 21.3 Å². The summed E-state index contributed by atoms with van der Waals surface area (Å²) in [7, 11) is 2.22. The van der Waals surface area contributed by atoms with E-state index in [9.17, 15) is 0 Å². The summed E-state index contributed by atoms with van der Waals surface area (Å²) in [4.78, 5) is 0. The van der Waals surface area contributed by atoms with Crippen molar-refractivity contribution >= 4 is 7.85 Å². The fraction of sp³-hybridized carbons (Fsp3) is 0.538. The highest BCUT2D eigenvalue weighted by molar-refractivity contribution is 6.08.